The number of ether oxygens (including phenoxy) is 1. The summed E-state index contributed by atoms with van der Waals surface area (Å²) in [6.45, 7) is 0. The Kier molecular flexibility index (Phi) is 4.33. The fourth-order valence-electron chi connectivity index (χ4n) is 3.48. The molecular formula is C20H16F3N3O2. The zero-order chi connectivity index (χ0) is 19.9. The molecule has 1 unspecified atom stereocenters. The molecule has 4 rings (SSSR count). The first-order chi connectivity index (χ1) is 13.4. The molecule has 5 nitrogen and oxygen atoms in total. The number of amides is 1. The number of fused-ring (bicyclic) bond motifs is 1. The number of hydrogen-bond donors (Lipinski definition) is 1. The first kappa shape index (κ1) is 18.1. The molecule has 0 saturated carbocycles. The van der Waals surface area contributed by atoms with Crippen molar-refractivity contribution >= 4 is 11.7 Å². The zero-order valence-corrected chi connectivity index (χ0v) is 14.8. The molecule has 8 heteroatoms. The monoisotopic (exact) mass is 387 g/mol. The summed E-state index contributed by atoms with van der Waals surface area (Å²) in [7, 11) is 1.55. The quantitative estimate of drug-likeness (QED) is 0.726. The minimum absolute atomic E-state index is 0.0698. The molecule has 0 aliphatic carbocycles. The van der Waals surface area contributed by atoms with E-state index < -0.39 is 17.7 Å². The van der Waals surface area contributed by atoms with Crippen molar-refractivity contribution in [3.63, 3.8) is 0 Å². The van der Waals surface area contributed by atoms with Gasteiger partial charge in [-0.05, 0) is 35.9 Å². The third-order valence-electron chi connectivity index (χ3n) is 4.78. The zero-order valence-electron chi connectivity index (χ0n) is 14.8. The fraction of sp³-hybridized carbons (Fsp3) is 0.200. The number of nitrogens with one attached hydrogen (secondary N) is 1. The maximum absolute atomic E-state index is 13.5. The molecule has 1 amide bonds. The van der Waals surface area contributed by atoms with E-state index in [1.165, 1.54) is 23.0 Å². The lowest BCUT2D eigenvalue weighted by molar-refractivity contribution is -0.138. The lowest BCUT2D eigenvalue weighted by atomic mass is 9.84. The van der Waals surface area contributed by atoms with E-state index in [1.54, 1.807) is 37.4 Å². The van der Waals surface area contributed by atoms with Gasteiger partial charge in [-0.2, -0.15) is 18.3 Å². The lowest BCUT2D eigenvalue weighted by Crippen LogP contribution is -2.26. The van der Waals surface area contributed by atoms with Crippen LogP contribution in [0, 0.1) is 0 Å². The van der Waals surface area contributed by atoms with Crippen molar-refractivity contribution in [1.82, 2.24) is 9.78 Å². The van der Waals surface area contributed by atoms with Gasteiger partial charge in [-0.15, -0.1) is 0 Å². The molecular weight excluding hydrogens is 371 g/mol. The highest BCUT2D eigenvalue weighted by Crippen LogP contribution is 2.43. The number of anilines is 1. The van der Waals surface area contributed by atoms with E-state index >= 15 is 0 Å². The maximum Gasteiger partial charge on any atom is 0.416 e. The molecule has 3 aromatic rings. The highest BCUT2D eigenvalue weighted by atomic mass is 19.4. The third kappa shape index (κ3) is 3.11. The van der Waals surface area contributed by atoms with Crippen LogP contribution < -0.4 is 10.1 Å². The summed E-state index contributed by atoms with van der Waals surface area (Å²) >= 11 is 0. The average Bonchev–Trinajstić information content (AvgIpc) is 3.10. The van der Waals surface area contributed by atoms with Crippen molar-refractivity contribution in [3.05, 3.63) is 71.4 Å². The Labute approximate surface area is 158 Å². The Morgan fingerprint density at radius 1 is 1.11 bits per heavy atom. The van der Waals surface area contributed by atoms with Crippen LogP contribution in [-0.4, -0.2) is 22.8 Å². The van der Waals surface area contributed by atoms with Crippen LogP contribution in [-0.2, 0) is 11.0 Å². The van der Waals surface area contributed by atoms with Crippen LogP contribution in [0.25, 0.3) is 5.69 Å². The van der Waals surface area contributed by atoms with Gasteiger partial charge < -0.3 is 10.1 Å². The number of methoxy groups -OCH3 is 1. The van der Waals surface area contributed by atoms with E-state index in [0.29, 0.717) is 22.8 Å². The average molecular weight is 387 g/mol. The predicted molar refractivity (Wildman–Crippen MR) is 96.6 cm³/mol. The minimum atomic E-state index is -4.50. The number of benzene rings is 2. The summed E-state index contributed by atoms with van der Waals surface area (Å²) in [6, 6.07) is 12.3. The van der Waals surface area contributed by atoms with Gasteiger partial charge in [0.2, 0.25) is 5.91 Å². The van der Waals surface area contributed by atoms with Gasteiger partial charge in [-0.25, -0.2) is 4.68 Å². The fourth-order valence-corrected chi connectivity index (χ4v) is 3.48. The second kappa shape index (κ2) is 6.70. The van der Waals surface area contributed by atoms with Crippen molar-refractivity contribution in [2.75, 3.05) is 12.4 Å². The van der Waals surface area contributed by atoms with E-state index in [0.717, 1.165) is 6.07 Å². The van der Waals surface area contributed by atoms with Crippen molar-refractivity contribution in [3.8, 4) is 11.4 Å². The SMILES string of the molecule is COc1ccc(-n2ncc3c2NC(=O)CC3c2ccccc2C(F)(F)F)cc1. The second-order valence-corrected chi connectivity index (χ2v) is 6.45. The van der Waals surface area contributed by atoms with Gasteiger partial charge in [0.05, 0.1) is 24.6 Å². The molecule has 0 spiro atoms. The van der Waals surface area contributed by atoms with Gasteiger partial charge in [-0.3, -0.25) is 4.79 Å². The number of halogens is 3. The minimum Gasteiger partial charge on any atom is -0.497 e. The van der Waals surface area contributed by atoms with E-state index in [2.05, 4.69) is 10.4 Å². The van der Waals surface area contributed by atoms with Crippen LogP contribution in [0.1, 0.15) is 29.0 Å². The molecule has 1 N–H and O–H groups in total. The number of hydrogen-bond acceptors (Lipinski definition) is 3. The molecule has 2 aromatic carbocycles. The van der Waals surface area contributed by atoms with E-state index in [9.17, 15) is 18.0 Å². The largest absolute Gasteiger partial charge is 0.497 e. The van der Waals surface area contributed by atoms with Crippen LogP contribution in [0.5, 0.6) is 5.75 Å². The summed E-state index contributed by atoms with van der Waals surface area (Å²) in [5, 5.41) is 7.05. The summed E-state index contributed by atoms with van der Waals surface area (Å²) in [6.07, 6.45) is -3.07. The van der Waals surface area contributed by atoms with Gasteiger partial charge >= 0.3 is 6.18 Å². The number of nitrogens with zero attached hydrogens (tertiary/aromatic N) is 2. The Balaban J connectivity index is 1.82. The first-order valence-corrected chi connectivity index (χ1v) is 8.57. The number of carbonyl (C=O) groups excluding carboxylic acids is 1. The van der Waals surface area contributed by atoms with Crippen LogP contribution in [0.15, 0.2) is 54.7 Å². The molecule has 0 bridgehead atoms. The number of carbonyl (C=O) groups is 1. The van der Waals surface area contributed by atoms with E-state index in [4.69, 9.17) is 4.74 Å². The third-order valence-corrected chi connectivity index (χ3v) is 4.78. The molecule has 144 valence electrons. The van der Waals surface area contributed by atoms with Crippen molar-refractivity contribution < 1.29 is 22.7 Å². The number of alkyl halides is 3. The smallest absolute Gasteiger partial charge is 0.416 e. The lowest BCUT2D eigenvalue weighted by Gasteiger charge is -2.26. The second-order valence-electron chi connectivity index (χ2n) is 6.45. The highest BCUT2D eigenvalue weighted by molar-refractivity contribution is 5.94. The van der Waals surface area contributed by atoms with Gasteiger partial charge in [0.15, 0.2) is 0 Å². The van der Waals surface area contributed by atoms with Gasteiger partial charge in [0, 0.05) is 17.9 Å². The molecule has 0 saturated heterocycles. The Hall–Kier alpha value is -3.29. The summed E-state index contributed by atoms with van der Waals surface area (Å²) in [4.78, 5) is 12.3. The molecule has 0 fully saturated rings. The van der Waals surface area contributed by atoms with Crippen molar-refractivity contribution in [1.29, 1.82) is 0 Å². The standard InChI is InChI=1S/C20H16F3N3O2/c1-28-13-8-6-12(7-9-13)26-19-16(11-24-26)15(10-18(27)25-19)14-4-2-3-5-17(14)20(21,22)23/h2-9,11,15H,10H2,1H3,(H,25,27). The Morgan fingerprint density at radius 3 is 2.50 bits per heavy atom. The molecule has 28 heavy (non-hydrogen) atoms. The molecule has 1 aliphatic heterocycles. The number of aromatic nitrogens is 2. The summed E-state index contributed by atoms with van der Waals surface area (Å²) in [5.41, 5.74) is 0.539. The van der Waals surface area contributed by atoms with Crippen LogP contribution in [0.3, 0.4) is 0 Å². The van der Waals surface area contributed by atoms with E-state index in [1.807, 2.05) is 0 Å². The molecule has 0 radical (unpaired) electrons. The van der Waals surface area contributed by atoms with Gasteiger partial charge in [-0.1, -0.05) is 18.2 Å². The summed E-state index contributed by atoms with van der Waals surface area (Å²) < 4.78 is 47.1. The normalized spacial score (nSPS) is 16.4. The van der Waals surface area contributed by atoms with Crippen LogP contribution >= 0.6 is 0 Å². The highest BCUT2D eigenvalue weighted by Gasteiger charge is 2.38. The summed E-state index contributed by atoms with van der Waals surface area (Å²) in [5.74, 6) is -0.0486. The van der Waals surface area contributed by atoms with Gasteiger partial charge in [0.1, 0.15) is 11.6 Å². The van der Waals surface area contributed by atoms with Crippen molar-refractivity contribution in [2.45, 2.75) is 18.5 Å². The Bertz CT molecular complexity index is 1030. The van der Waals surface area contributed by atoms with Crippen LogP contribution in [0.2, 0.25) is 0 Å². The molecule has 1 atom stereocenters. The van der Waals surface area contributed by atoms with Crippen LogP contribution in [0.4, 0.5) is 19.0 Å². The van der Waals surface area contributed by atoms with E-state index in [-0.39, 0.29) is 17.9 Å². The molecule has 2 heterocycles. The molecule has 1 aliphatic rings. The predicted octanol–water partition coefficient (Wildman–Crippen LogP) is 4.37. The topological polar surface area (TPSA) is 56.1 Å². The van der Waals surface area contributed by atoms with Gasteiger partial charge in [0.25, 0.3) is 0 Å². The van der Waals surface area contributed by atoms with Crippen molar-refractivity contribution in [2.24, 2.45) is 0 Å². The first-order valence-electron chi connectivity index (χ1n) is 8.57. The molecule has 1 aromatic heterocycles. The maximum atomic E-state index is 13.5. The number of rotatable bonds is 3. The Morgan fingerprint density at radius 2 is 1.82 bits per heavy atom.